The molecule has 0 aliphatic heterocycles. The molecule has 0 bridgehead atoms. The van der Waals surface area contributed by atoms with Crippen molar-refractivity contribution in [3.05, 3.63) is 12.0 Å². The van der Waals surface area contributed by atoms with E-state index in [-0.39, 0.29) is 9.72 Å². The number of thiazole rings is 1. The molecule has 2 heterocycles. The van der Waals surface area contributed by atoms with Gasteiger partial charge in [-0.05, 0) is 6.92 Å². The van der Waals surface area contributed by atoms with Crippen LogP contribution >= 0.6 is 22.9 Å². The third-order valence-corrected chi connectivity index (χ3v) is 4.85. The van der Waals surface area contributed by atoms with E-state index in [1.54, 1.807) is 6.92 Å². The van der Waals surface area contributed by atoms with Crippen LogP contribution in [0.5, 0.6) is 0 Å². The molecular formula is C8H8ClN3O2S2. The van der Waals surface area contributed by atoms with Crippen LogP contribution < -0.4 is 0 Å². The van der Waals surface area contributed by atoms with Crippen molar-refractivity contribution in [2.75, 3.05) is 6.26 Å². The average Bonchev–Trinajstić information content (AvgIpc) is 2.59. The Bertz CT molecular complexity index is 636. The third kappa shape index (κ3) is 2.02. The quantitative estimate of drug-likeness (QED) is 0.783. The van der Waals surface area contributed by atoms with E-state index in [2.05, 4.69) is 15.0 Å². The number of sulfone groups is 1. The molecule has 1 atom stereocenters. The van der Waals surface area contributed by atoms with Crippen LogP contribution in [0.15, 0.2) is 10.7 Å². The second-order valence-electron chi connectivity index (χ2n) is 3.28. The fourth-order valence-corrected chi connectivity index (χ4v) is 3.36. The molecule has 0 radical (unpaired) electrons. The molecule has 0 fully saturated rings. The van der Waals surface area contributed by atoms with E-state index in [4.69, 9.17) is 11.6 Å². The van der Waals surface area contributed by atoms with E-state index in [1.165, 1.54) is 6.33 Å². The first kappa shape index (κ1) is 11.7. The Morgan fingerprint density at radius 3 is 2.69 bits per heavy atom. The average molecular weight is 278 g/mol. The number of alkyl halides is 1. The summed E-state index contributed by atoms with van der Waals surface area (Å²) in [6.07, 6.45) is 2.45. The summed E-state index contributed by atoms with van der Waals surface area (Å²) >= 11 is 7.00. The highest BCUT2D eigenvalue weighted by molar-refractivity contribution is 7.92. The van der Waals surface area contributed by atoms with E-state index in [1.807, 2.05) is 0 Å². The van der Waals surface area contributed by atoms with Crippen LogP contribution in [0.2, 0.25) is 0 Å². The van der Waals surface area contributed by atoms with Crippen molar-refractivity contribution in [1.29, 1.82) is 0 Å². The van der Waals surface area contributed by atoms with Gasteiger partial charge in [-0.1, -0.05) is 11.3 Å². The monoisotopic (exact) mass is 277 g/mol. The molecule has 0 saturated carbocycles. The lowest BCUT2D eigenvalue weighted by Crippen LogP contribution is -1.95. The van der Waals surface area contributed by atoms with E-state index in [9.17, 15) is 8.42 Å². The van der Waals surface area contributed by atoms with Crippen molar-refractivity contribution in [2.24, 2.45) is 0 Å². The van der Waals surface area contributed by atoms with Gasteiger partial charge in [0.05, 0.1) is 15.8 Å². The van der Waals surface area contributed by atoms with Gasteiger partial charge in [-0.3, -0.25) is 0 Å². The van der Waals surface area contributed by atoms with Gasteiger partial charge in [0.2, 0.25) is 14.2 Å². The minimum Gasteiger partial charge on any atom is -0.238 e. The predicted molar refractivity (Wildman–Crippen MR) is 62.6 cm³/mol. The van der Waals surface area contributed by atoms with Crippen LogP contribution in [-0.2, 0) is 9.84 Å². The van der Waals surface area contributed by atoms with Gasteiger partial charge in [0, 0.05) is 6.26 Å². The molecule has 0 saturated heterocycles. The molecule has 0 aliphatic rings. The molecule has 2 aromatic heterocycles. The summed E-state index contributed by atoms with van der Waals surface area (Å²) in [6, 6.07) is 0. The lowest BCUT2D eigenvalue weighted by atomic mass is 10.3. The number of fused-ring (bicyclic) bond motifs is 1. The number of rotatable bonds is 2. The normalized spacial score (nSPS) is 14.2. The maximum atomic E-state index is 11.4. The molecular weight excluding hydrogens is 270 g/mol. The van der Waals surface area contributed by atoms with Crippen molar-refractivity contribution in [3.8, 4) is 0 Å². The summed E-state index contributed by atoms with van der Waals surface area (Å²) < 4.78 is 23.4. The Hall–Kier alpha value is -0.790. The summed E-state index contributed by atoms with van der Waals surface area (Å²) in [4.78, 5) is 11.9. The van der Waals surface area contributed by atoms with Crippen LogP contribution in [0.25, 0.3) is 10.3 Å². The molecule has 5 nitrogen and oxygen atoms in total. The predicted octanol–water partition coefficient (Wildman–Crippen LogP) is 1.79. The highest BCUT2D eigenvalue weighted by atomic mass is 35.5. The molecule has 86 valence electrons. The molecule has 2 aromatic rings. The highest BCUT2D eigenvalue weighted by Crippen LogP contribution is 2.31. The van der Waals surface area contributed by atoms with Crippen molar-refractivity contribution in [2.45, 2.75) is 16.6 Å². The second-order valence-corrected chi connectivity index (χ2v) is 7.12. The largest absolute Gasteiger partial charge is 0.238 e. The van der Waals surface area contributed by atoms with Crippen LogP contribution in [0, 0.1) is 0 Å². The Morgan fingerprint density at radius 1 is 1.44 bits per heavy atom. The number of nitrogens with zero attached hydrogens (tertiary/aromatic N) is 3. The first-order valence-electron chi connectivity index (χ1n) is 4.35. The van der Waals surface area contributed by atoms with E-state index >= 15 is 0 Å². The van der Waals surface area contributed by atoms with Gasteiger partial charge < -0.3 is 0 Å². The fourth-order valence-electron chi connectivity index (χ4n) is 1.19. The van der Waals surface area contributed by atoms with Gasteiger partial charge in [0.25, 0.3) is 0 Å². The number of hydrogen-bond donors (Lipinski definition) is 0. The van der Waals surface area contributed by atoms with Gasteiger partial charge in [0.15, 0.2) is 5.65 Å². The summed E-state index contributed by atoms with van der Waals surface area (Å²) in [5, 5.41) is -0.307. The van der Waals surface area contributed by atoms with E-state index in [0.717, 1.165) is 17.6 Å². The van der Waals surface area contributed by atoms with Crippen molar-refractivity contribution in [3.63, 3.8) is 0 Å². The molecule has 0 aromatic carbocycles. The Balaban J connectivity index is 2.76. The minimum absolute atomic E-state index is 0.0431. The summed E-state index contributed by atoms with van der Waals surface area (Å²) in [5.41, 5.74) is 0.988. The SMILES string of the molecule is CC(Cl)c1ncnc2nc(S(C)(=O)=O)sc12. The van der Waals surface area contributed by atoms with Crippen molar-refractivity contribution in [1.82, 2.24) is 15.0 Å². The number of halogens is 1. The van der Waals surface area contributed by atoms with Crippen molar-refractivity contribution >= 4 is 43.1 Å². The van der Waals surface area contributed by atoms with Gasteiger partial charge >= 0.3 is 0 Å². The molecule has 2 rings (SSSR count). The fraction of sp³-hybridized carbons (Fsp3) is 0.375. The van der Waals surface area contributed by atoms with E-state index in [0.29, 0.717) is 16.0 Å². The first-order valence-corrected chi connectivity index (χ1v) is 7.49. The first-order chi connectivity index (χ1) is 7.39. The summed E-state index contributed by atoms with van der Waals surface area (Å²) in [5.74, 6) is 0. The lowest BCUT2D eigenvalue weighted by Gasteiger charge is -2.00. The molecule has 0 aliphatic carbocycles. The molecule has 0 spiro atoms. The molecule has 0 amide bonds. The van der Waals surface area contributed by atoms with Gasteiger partial charge in [0.1, 0.15) is 6.33 Å². The molecule has 16 heavy (non-hydrogen) atoms. The molecule has 0 N–H and O–H groups in total. The lowest BCUT2D eigenvalue weighted by molar-refractivity contribution is 0.601. The standard InChI is InChI=1S/C8H8ClN3O2S2/c1-4(9)5-6-7(11-3-10-5)12-8(15-6)16(2,13)14/h3-4H,1-2H3. The number of hydrogen-bond acceptors (Lipinski definition) is 6. The number of aromatic nitrogens is 3. The third-order valence-electron chi connectivity index (χ3n) is 1.89. The van der Waals surface area contributed by atoms with Crippen LogP contribution in [0.1, 0.15) is 18.0 Å². The van der Waals surface area contributed by atoms with Crippen LogP contribution in [-0.4, -0.2) is 29.6 Å². The second kappa shape index (κ2) is 3.90. The van der Waals surface area contributed by atoms with Crippen LogP contribution in [0.3, 0.4) is 0 Å². The Labute approximate surface area is 101 Å². The maximum absolute atomic E-state index is 11.4. The van der Waals surface area contributed by atoms with Gasteiger partial charge in [-0.25, -0.2) is 23.4 Å². The van der Waals surface area contributed by atoms with Crippen LogP contribution in [0.4, 0.5) is 0 Å². The minimum atomic E-state index is -3.31. The van der Waals surface area contributed by atoms with Gasteiger partial charge in [-0.2, -0.15) is 0 Å². The zero-order valence-electron chi connectivity index (χ0n) is 8.51. The summed E-state index contributed by atoms with van der Waals surface area (Å²) in [7, 11) is -3.31. The molecule has 1 unspecified atom stereocenters. The highest BCUT2D eigenvalue weighted by Gasteiger charge is 2.18. The van der Waals surface area contributed by atoms with E-state index < -0.39 is 9.84 Å². The van der Waals surface area contributed by atoms with Crippen molar-refractivity contribution < 1.29 is 8.42 Å². The summed E-state index contributed by atoms with van der Waals surface area (Å²) in [6.45, 7) is 1.77. The topological polar surface area (TPSA) is 72.8 Å². The zero-order chi connectivity index (χ0) is 11.9. The Kier molecular flexibility index (Phi) is 2.85. The van der Waals surface area contributed by atoms with Gasteiger partial charge in [-0.15, -0.1) is 11.6 Å². The molecule has 8 heteroatoms. The Morgan fingerprint density at radius 2 is 2.12 bits per heavy atom. The zero-order valence-corrected chi connectivity index (χ0v) is 10.9. The smallest absolute Gasteiger partial charge is 0.211 e. The maximum Gasteiger partial charge on any atom is 0.211 e.